The summed E-state index contributed by atoms with van der Waals surface area (Å²) in [6.07, 6.45) is 0.174. The maximum absolute atomic E-state index is 12.5. The van der Waals surface area contributed by atoms with E-state index in [2.05, 4.69) is 11.4 Å². The normalized spacial score (nSPS) is 16.6. The number of nitrogens with one attached hydrogen (secondary N) is 1. The quantitative estimate of drug-likeness (QED) is 0.937. The average Bonchev–Trinajstić information content (AvgIpc) is 3.00. The number of amides is 2. The summed E-state index contributed by atoms with van der Waals surface area (Å²) < 4.78 is 0. The third-order valence-corrected chi connectivity index (χ3v) is 4.60. The number of rotatable bonds is 3. The van der Waals surface area contributed by atoms with E-state index in [1.807, 2.05) is 32.0 Å². The molecule has 0 aromatic heterocycles. The maximum atomic E-state index is 12.5. The Labute approximate surface area is 146 Å². The summed E-state index contributed by atoms with van der Waals surface area (Å²) in [6, 6.07) is 14.8. The molecule has 0 radical (unpaired) electrons. The van der Waals surface area contributed by atoms with Crippen LogP contribution in [-0.2, 0) is 9.59 Å². The molecule has 5 nitrogen and oxygen atoms in total. The largest absolute Gasteiger partial charge is 0.325 e. The van der Waals surface area contributed by atoms with Crippen molar-refractivity contribution >= 4 is 23.2 Å². The molecule has 1 aliphatic heterocycles. The highest BCUT2D eigenvalue weighted by Gasteiger charge is 2.35. The molecule has 0 unspecified atom stereocenters. The molecule has 0 bridgehead atoms. The topological polar surface area (TPSA) is 73.2 Å². The van der Waals surface area contributed by atoms with Crippen LogP contribution in [0.25, 0.3) is 0 Å². The minimum Gasteiger partial charge on any atom is -0.325 e. The Morgan fingerprint density at radius 1 is 1.20 bits per heavy atom. The van der Waals surface area contributed by atoms with Crippen LogP contribution in [0.15, 0.2) is 42.5 Å². The number of carbonyl (C=O) groups is 2. The van der Waals surface area contributed by atoms with Gasteiger partial charge in [0.1, 0.15) is 6.07 Å². The Kier molecular flexibility index (Phi) is 4.53. The van der Waals surface area contributed by atoms with Gasteiger partial charge in [0.2, 0.25) is 11.8 Å². The minimum absolute atomic E-state index is 0.0584. The lowest BCUT2D eigenvalue weighted by Crippen LogP contribution is -2.28. The van der Waals surface area contributed by atoms with Gasteiger partial charge in [-0.25, -0.2) is 0 Å². The van der Waals surface area contributed by atoms with Gasteiger partial charge in [0.15, 0.2) is 0 Å². The van der Waals surface area contributed by atoms with Crippen LogP contribution in [0.4, 0.5) is 11.4 Å². The van der Waals surface area contributed by atoms with Crippen LogP contribution in [0.5, 0.6) is 0 Å². The predicted octanol–water partition coefficient (Wildman–Crippen LogP) is 3.17. The lowest BCUT2D eigenvalue weighted by Gasteiger charge is -2.18. The fourth-order valence-electron chi connectivity index (χ4n) is 2.95. The summed E-state index contributed by atoms with van der Waals surface area (Å²) in [5.41, 5.74) is 3.98. The van der Waals surface area contributed by atoms with Gasteiger partial charge in [-0.15, -0.1) is 0 Å². The van der Waals surface area contributed by atoms with Crippen molar-refractivity contribution in [3.63, 3.8) is 0 Å². The number of hydrogen-bond acceptors (Lipinski definition) is 3. The van der Waals surface area contributed by atoms with Gasteiger partial charge in [0, 0.05) is 18.7 Å². The molecule has 1 N–H and O–H groups in total. The number of anilines is 2. The Bertz CT molecular complexity index is 883. The van der Waals surface area contributed by atoms with Gasteiger partial charge in [-0.3, -0.25) is 9.59 Å². The van der Waals surface area contributed by atoms with E-state index in [1.54, 1.807) is 29.2 Å². The van der Waals surface area contributed by atoms with Crippen molar-refractivity contribution in [3.05, 3.63) is 59.2 Å². The Morgan fingerprint density at radius 2 is 1.96 bits per heavy atom. The van der Waals surface area contributed by atoms with Crippen molar-refractivity contribution in [1.29, 1.82) is 5.26 Å². The molecule has 3 rings (SSSR count). The maximum Gasteiger partial charge on any atom is 0.229 e. The molecule has 25 heavy (non-hydrogen) atoms. The Morgan fingerprint density at radius 3 is 2.68 bits per heavy atom. The van der Waals surface area contributed by atoms with E-state index in [4.69, 9.17) is 5.26 Å². The van der Waals surface area contributed by atoms with Gasteiger partial charge in [0.25, 0.3) is 0 Å². The summed E-state index contributed by atoms with van der Waals surface area (Å²) in [5.74, 6) is -0.722. The van der Waals surface area contributed by atoms with Gasteiger partial charge in [-0.1, -0.05) is 18.2 Å². The van der Waals surface area contributed by atoms with Gasteiger partial charge >= 0.3 is 0 Å². The van der Waals surface area contributed by atoms with E-state index >= 15 is 0 Å². The zero-order chi connectivity index (χ0) is 18.0. The third-order valence-electron chi connectivity index (χ3n) is 4.60. The van der Waals surface area contributed by atoms with Gasteiger partial charge < -0.3 is 10.2 Å². The molecular formula is C20H19N3O2. The standard InChI is InChI=1S/C20H19N3O2/c1-13-7-8-17(9-14(13)2)23-12-16(10-19(23)24)20(25)22-18-6-4-3-5-15(18)11-21/h3-9,16H,10,12H2,1-2H3,(H,22,25)/t16-/m0/s1. The monoisotopic (exact) mass is 333 g/mol. The number of benzene rings is 2. The highest BCUT2D eigenvalue weighted by atomic mass is 16.2. The zero-order valence-electron chi connectivity index (χ0n) is 14.2. The van der Waals surface area contributed by atoms with E-state index in [-0.39, 0.29) is 18.2 Å². The molecule has 2 amide bonds. The number of nitrogens with zero attached hydrogens (tertiary/aromatic N) is 2. The lowest BCUT2D eigenvalue weighted by atomic mass is 10.1. The fraction of sp³-hybridized carbons (Fsp3) is 0.250. The second-order valence-corrected chi connectivity index (χ2v) is 6.32. The van der Waals surface area contributed by atoms with Crippen molar-refractivity contribution in [2.45, 2.75) is 20.3 Å². The lowest BCUT2D eigenvalue weighted by molar-refractivity contribution is -0.122. The van der Waals surface area contributed by atoms with E-state index in [9.17, 15) is 9.59 Å². The molecular weight excluding hydrogens is 314 g/mol. The fourth-order valence-corrected chi connectivity index (χ4v) is 2.95. The molecule has 1 fully saturated rings. The smallest absolute Gasteiger partial charge is 0.229 e. The molecule has 0 saturated carbocycles. The minimum atomic E-state index is -0.430. The highest BCUT2D eigenvalue weighted by molar-refractivity contribution is 6.03. The van der Waals surface area contributed by atoms with Crippen LogP contribution in [0.1, 0.15) is 23.1 Å². The SMILES string of the molecule is Cc1ccc(N2C[C@@H](C(=O)Nc3ccccc3C#N)CC2=O)cc1C. The number of aryl methyl sites for hydroxylation is 2. The van der Waals surface area contributed by atoms with Crippen LogP contribution in [0, 0.1) is 31.1 Å². The number of para-hydroxylation sites is 1. The predicted molar refractivity (Wildman–Crippen MR) is 96.2 cm³/mol. The van der Waals surface area contributed by atoms with Crippen molar-refractivity contribution in [2.75, 3.05) is 16.8 Å². The zero-order valence-corrected chi connectivity index (χ0v) is 14.2. The van der Waals surface area contributed by atoms with Crippen LogP contribution < -0.4 is 10.2 Å². The summed E-state index contributed by atoms with van der Waals surface area (Å²) in [5, 5.41) is 11.9. The van der Waals surface area contributed by atoms with Gasteiger partial charge in [-0.05, 0) is 49.2 Å². The van der Waals surface area contributed by atoms with Gasteiger partial charge in [-0.2, -0.15) is 5.26 Å². The molecule has 5 heteroatoms. The van der Waals surface area contributed by atoms with Crippen LogP contribution in [0.2, 0.25) is 0 Å². The first-order valence-electron chi connectivity index (χ1n) is 8.17. The van der Waals surface area contributed by atoms with Crippen molar-refractivity contribution in [3.8, 4) is 6.07 Å². The highest BCUT2D eigenvalue weighted by Crippen LogP contribution is 2.28. The van der Waals surface area contributed by atoms with E-state index in [0.717, 1.165) is 16.8 Å². The summed E-state index contributed by atoms with van der Waals surface area (Å²) in [7, 11) is 0. The van der Waals surface area contributed by atoms with Crippen LogP contribution in [-0.4, -0.2) is 18.4 Å². The summed E-state index contributed by atoms with van der Waals surface area (Å²) in [4.78, 5) is 26.5. The molecule has 0 spiro atoms. The van der Waals surface area contributed by atoms with E-state index in [1.165, 1.54) is 0 Å². The molecule has 1 saturated heterocycles. The second kappa shape index (κ2) is 6.78. The molecule has 1 aliphatic rings. The first-order chi connectivity index (χ1) is 12.0. The molecule has 1 atom stereocenters. The first kappa shape index (κ1) is 16.7. The Balaban J connectivity index is 1.74. The van der Waals surface area contributed by atoms with Crippen molar-refractivity contribution in [2.24, 2.45) is 5.92 Å². The first-order valence-corrected chi connectivity index (χ1v) is 8.17. The molecule has 0 aliphatic carbocycles. The van der Waals surface area contributed by atoms with Crippen LogP contribution in [0.3, 0.4) is 0 Å². The van der Waals surface area contributed by atoms with E-state index in [0.29, 0.717) is 17.8 Å². The molecule has 2 aromatic carbocycles. The summed E-state index contributed by atoms with van der Waals surface area (Å²) in [6.45, 7) is 4.37. The molecule has 1 heterocycles. The molecule has 126 valence electrons. The second-order valence-electron chi connectivity index (χ2n) is 6.32. The van der Waals surface area contributed by atoms with Gasteiger partial charge in [0.05, 0.1) is 17.2 Å². The third kappa shape index (κ3) is 3.38. The number of nitriles is 1. The molecule has 2 aromatic rings. The van der Waals surface area contributed by atoms with Crippen molar-refractivity contribution < 1.29 is 9.59 Å². The summed E-state index contributed by atoms with van der Waals surface area (Å²) >= 11 is 0. The Hall–Kier alpha value is -3.13. The van der Waals surface area contributed by atoms with E-state index < -0.39 is 5.92 Å². The van der Waals surface area contributed by atoms with Crippen molar-refractivity contribution in [1.82, 2.24) is 0 Å². The average molecular weight is 333 g/mol. The number of carbonyl (C=O) groups excluding carboxylic acids is 2. The number of hydrogen-bond donors (Lipinski definition) is 1. The van der Waals surface area contributed by atoms with Crippen LogP contribution >= 0.6 is 0 Å².